The number of rotatable bonds is 4. The van der Waals surface area contributed by atoms with Crippen molar-refractivity contribution in [3.05, 3.63) is 66.2 Å². The lowest BCUT2D eigenvalue weighted by Crippen LogP contribution is -2.06. The summed E-state index contributed by atoms with van der Waals surface area (Å²) >= 11 is 0. The van der Waals surface area contributed by atoms with Gasteiger partial charge in [-0.25, -0.2) is 4.79 Å². The zero-order valence-corrected chi connectivity index (χ0v) is 13.8. The molecule has 0 amide bonds. The van der Waals surface area contributed by atoms with Gasteiger partial charge in [0.2, 0.25) is 0 Å². The second-order valence-electron chi connectivity index (χ2n) is 5.33. The van der Waals surface area contributed by atoms with Gasteiger partial charge in [0.1, 0.15) is 17.2 Å². The molecular formula is C20H16O5. The predicted molar refractivity (Wildman–Crippen MR) is 93.1 cm³/mol. The molecule has 0 bridgehead atoms. The van der Waals surface area contributed by atoms with Crippen LogP contribution in [0.25, 0.3) is 10.8 Å². The molecule has 0 saturated carbocycles. The van der Waals surface area contributed by atoms with Gasteiger partial charge in [-0.1, -0.05) is 30.3 Å². The van der Waals surface area contributed by atoms with E-state index in [1.165, 1.54) is 20.1 Å². The van der Waals surface area contributed by atoms with Gasteiger partial charge in [-0.3, -0.25) is 4.79 Å². The molecule has 3 aromatic carbocycles. The van der Waals surface area contributed by atoms with Crippen LogP contribution in [0, 0.1) is 0 Å². The van der Waals surface area contributed by atoms with E-state index in [9.17, 15) is 9.59 Å². The monoisotopic (exact) mass is 336 g/mol. The van der Waals surface area contributed by atoms with E-state index >= 15 is 0 Å². The molecule has 0 aromatic heterocycles. The number of fused-ring (bicyclic) bond motifs is 1. The van der Waals surface area contributed by atoms with E-state index in [0.29, 0.717) is 22.3 Å². The van der Waals surface area contributed by atoms with E-state index in [0.717, 1.165) is 0 Å². The molecule has 0 unspecified atom stereocenters. The minimum absolute atomic E-state index is 0.273. The van der Waals surface area contributed by atoms with Crippen LogP contribution in [0.3, 0.4) is 0 Å². The Hall–Kier alpha value is -3.34. The smallest absolute Gasteiger partial charge is 0.338 e. The van der Waals surface area contributed by atoms with E-state index < -0.39 is 11.9 Å². The van der Waals surface area contributed by atoms with Crippen molar-refractivity contribution >= 4 is 22.7 Å². The van der Waals surface area contributed by atoms with Crippen molar-refractivity contribution in [2.75, 3.05) is 7.11 Å². The highest BCUT2D eigenvalue weighted by atomic mass is 16.5. The van der Waals surface area contributed by atoms with E-state index in [4.69, 9.17) is 14.2 Å². The van der Waals surface area contributed by atoms with Gasteiger partial charge < -0.3 is 14.2 Å². The summed E-state index contributed by atoms with van der Waals surface area (Å²) in [5.74, 6) is 0.488. The number of carbonyl (C=O) groups excluding carboxylic acids is 2. The van der Waals surface area contributed by atoms with Crippen LogP contribution in [0.1, 0.15) is 17.3 Å². The van der Waals surface area contributed by atoms with Gasteiger partial charge in [-0.2, -0.15) is 0 Å². The van der Waals surface area contributed by atoms with Crippen molar-refractivity contribution in [2.24, 2.45) is 0 Å². The fraction of sp³-hybridized carbons (Fsp3) is 0.100. The molecule has 126 valence electrons. The van der Waals surface area contributed by atoms with Crippen molar-refractivity contribution < 1.29 is 23.8 Å². The zero-order valence-electron chi connectivity index (χ0n) is 13.8. The quantitative estimate of drug-likeness (QED) is 0.524. The molecule has 0 saturated heterocycles. The summed E-state index contributed by atoms with van der Waals surface area (Å²) in [6, 6.07) is 17.8. The van der Waals surface area contributed by atoms with Crippen molar-refractivity contribution in [3.8, 4) is 17.2 Å². The Morgan fingerprint density at radius 1 is 0.840 bits per heavy atom. The molecule has 25 heavy (non-hydrogen) atoms. The standard InChI is InChI=1S/C20H16O5/c1-13(21)24-19-12-14(20(22)23-2)11-17-16(19)9-6-10-18(17)25-15-7-4-3-5-8-15/h3-12H,1-2H3. The molecule has 0 radical (unpaired) electrons. The summed E-state index contributed by atoms with van der Waals surface area (Å²) < 4.78 is 16.0. The third kappa shape index (κ3) is 3.61. The second-order valence-corrected chi connectivity index (χ2v) is 5.33. The van der Waals surface area contributed by atoms with Crippen molar-refractivity contribution in [1.82, 2.24) is 0 Å². The number of ether oxygens (including phenoxy) is 3. The summed E-state index contributed by atoms with van der Waals surface area (Å²) in [5, 5.41) is 1.31. The third-order valence-corrected chi connectivity index (χ3v) is 3.56. The molecule has 5 nitrogen and oxygen atoms in total. The number of hydrogen-bond donors (Lipinski definition) is 0. The SMILES string of the molecule is COC(=O)c1cc(OC(C)=O)c2cccc(Oc3ccccc3)c2c1. The summed E-state index contributed by atoms with van der Waals surface area (Å²) in [6.45, 7) is 1.31. The van der Waals surface area contributed by atoms with Crippen LogP contribution in [0.5, 0.6) is 17.2 Å². The Kier molecular flexibility index (Phi) is 4.66. The van der Waals surface area contributed by atoms with Crippen molar-refractivity contribution in [1.29, 1.82) is 0 Å². The van der Waals surface area contributed by atoms with Crippen LogP contribution in [-0.2, 0) is 9.53 Å². The average molecular weight is 336 g/mol. The van der Waals surface area contributed by atoms with Crippen LogP contribution in [-0.4, -0.2) is 19.0 Å². The fourth-order valence-electron chi connectivity index (χ4n) is 2.50. The van der Waals surface area contributed by atoms with Gasteiger partial charge in [-0.05, 0) is 30.3 Å². The molecule has 0 N–H and O–H groups in total. The molecule has 3 rings (SSSR count). The molecule has 0 atom stereocenters. The van der Waals surface area contributed by atoms with Crippen LogP contribution >= 0.6 is 0 Å². The van der Waals surface area contributed by atoms with Crippen LogP contribution in [0.4, 0.5) is 0 Å². The third-order valence-electron chi connectivity index (χ3n) is 3.56. The Morgan fingerprint density at radius 2 is 1.60 bits per heavy atom. The van der Waals surface area contributed by atoms with E-state index in [1.54, 1.807) is 24.3 Å². The molecule has 0 aliphatic rings. The number of carbonyl (C=O) groups is 2. The average Bonchev–Trinajstić information content (AvgIpc) is 2.62. The van der Waals surface area contributed by atoms with Gasteiger partial charge in [-0.15, -0.1) is 0 Å². The Labute approximate surface area is 144 Å². The number of hydrogen-bond acceptors (Lipinski definition) is 5. The maximum Gasteiger partial charge on any atom is 0.338 e. The van der Waals surface area contributed by atoms with Gasteiger partial charge in [0.25, 0.3) is 0 Å². The van der Waals surface area contributed by atoms with E-state index in [2.05, 4.69) is 0 Å². The van der Waals surface area contributed by atoms with Gasteiger partial charge in [0.05, 0.1) is 12.7 Å². The molecule has 3 aromatic rings. The molecular weight excluding hydrogens is 320 g/mol. The highest BCUT2D eigenvalue weighted by molar-refractivity contribution is 6.01. The summed E-state index contributed by atoms with van der Waals surface area (Å²) in [4.78, 5) is 23.4. The number of para-hydroxylation sites is 1. The first-order chi connectivity index (χ1) is 12.1. The van der Waals surface area contributed by atoms with E-state index in [-0.39, 0.29) is 11.3 Å². The largest absolute Gasteiger partial charge is 0.465 e. The lowest BCUT2D eigenvalue weighted by atomic mass is 10.0. The molecule has 0 fully saturated rings. The molecule has 0 aliphatic carbocycles. The molecule has 0 aliphatic heterocycles. The molecule has 0 heterocycles. The first-order valence-corrected chi connectivity index (χ1v) is 7.65. The lowest BCUT2D eigenvalue weighted by Gasteiger charge is -2.13. The van der Waals surface area contributed by atoms with Gasteiger partial charge in [0.15, 0.2) is 0 Å². The summed E-state index contributed by atoms with van der Waals surface area (Å²) in [6.07, 6.45) is 0. The van der Waals surface area contributed by atoms with Crippen molar-refractivity contribution in [2.45, 2.75) is 6.92 Å². The molecule has 0 spiro atoms. The fourth-order valence-corrected chi connectivity index (χ4v) is 2.50. The molecule has 5 heteroatoms. The van der Waals surface area contributed by atoms with Gasteiger partial charge >= 0.3 is 11.9 Å². The first-order valence-electron chi connectivity index (χ1n) is 7.65. The minimum Gasteiger partial charge on any atom is -0.465 e. The minimum atomic E-state index is -0.523. The Balaban J connectivity index is 2.17. The first kappa shape index (κ1) is 16.5. The highest BCUT2D eigenvalue weighted by Gasteiger charge is 2.15. The van der Waals surface area contributed by atoms with Crippen molar-refractivity contribution in [3.63, 3.8) is 0 Å². The number of esters is 2. The summed E-state index contributed by atoms with van der Waals surface area (Å²) in [5.41, 5.74) is 0.273. The zero-order chi connectivity index (χ0) is 17.8. The van der Waals surface area contributed by atoms with Crippen LogP contribution in [0.2, 0.25) is 0 Å². The topological polar surface area (TPSA) is 61.8 Å². The van der Waals surface area contributed by atoms with Gasteiger partial charge in [0, 0.05) is 17.7 Å². The Morgan fingerprint density at radius 3 is 2.28 bits per heavy atom. The number of benzene rings is 3. The van der Waals surface area contributed by atoms with E-state index in [1.807, 2.05) is 30.3 Å². The highest BCUT2D eigenvalue weighted by Crippen LogP contribution is 2.36. The maximum atomic E-state index is 12.0. The summed E-state index contributed by atoms with van der Waals surface area (Å²) in [7, 11) is 1.30. The Bertz CT molecular complexity index is 931. The normalized spacial score (nSPS) is 10.3. The maximum absolute atomic E-state index is 12.0. The lowest BCUT2D eigenvalue weighted by molar-refractivity contribution is -0.131. The van der Waals surface area contributed by atoms with Crippen LogP contribution < -0.4 is 9.47 Å². The number of methoxy groups -OCH3 is 1. The van der Waals surface area contributed by atoms with Crippen LogP contribution in [0.15, 0.2) is 60.7 Å². The second kappa shape index (κ2) is 7.05. The predicted octanol–water partition coefficient (Wildman–Crippen LogP) is 4.34.